The zero-order chi connectivity index (χ0) is 14.7. The molecule has 1 fully saturated rings. The molecule has 1 aromatic rings. The van der Waals surface area contributed by atoms with Crippen molar-refractivity contribution in [1.29, 1.82) is 0 Å². The number of aryl methyl sites for hydroxylation is 1. The molecule has 1 heterocycles. The van der Waals surface area contributed by atoms with Crippen molar-refractivity contribution < 1.29 is 19.1 Å². The third-order valence-corrected chi connectivity index (χ3v) is 3.47. The van der Waals surface area contributed by atoms with Crippen LogP contribution in [0.5, 0.6) is 0 Å². The molecule has 0 radical (unpaired) electrons. The van der Waals surface area contributed by atoms with E-state index in [0.717, 1.165) is 12.0 Å². The highest BCUT2D eigenvalue weighted by Gasteiger charge is 2.31. The number of carboxylic acids is 1. The molecular weight excluding hydrogens is 263 g/mol. The van der Waals surface area contributed by atoms with Gasteiger partial charge in [0.15, 0.2) is 0 Å². The lowest BCUT2D eigenvalue weighted by atomic mass is 10.2. The summed E-state index contributed by atoms with van der Waals surface area (Å²) in [6.07, 6.45) is 1.32. The van der Waals surface area contributed by atoms with Crippen LogP contribution in [0.2, 0.25) is 0 Å². The van der Waals surface area contributed by atoms with E-state index in [1.165, 1.54) is 12.1 Å². The number of anilines is 1. The van der Waals surface area contributed by atoms with E-state index in [4.69, 9.17) is 5.11 Å². The number of aliphatic carboxylic acids is 1. The number of rotatable bonds is 4. The molecule has 0 saturated carbocycles. The van der Waals surface area contributed by atoms with Crippen molar-refractivity contribution in [2.45, 2.75) is 25.8 Å². The van der Waals surface area contributed by atoms with Crippen molar-refractivity contribution in [3.05, 3.63) is 29.6 Å². The predicted molar refractivity (Wildman–Crippen MR) is 72.0 cm³/mol. The molecular formula is C14H17FN2O3. The third kappa shape index (κ3) is 3.33. The van der Waals surface area contributed by atoms with Gasteiger partial charge in [-0.05, 0) is 44.0 Å². The summed E-state index contributed by atoms with van der Waals surface area (Å²) in [6, 6.07) is 3.56. The highest BCUT2D eigenvalue weighted by molar-refractivity contribution is 5.93. The fraction of sp³-hybridized carbons (Fsp3) is 0.429. The Balaban J connectivity index is 1.99. The summed E-state index contributed by atoms with van der Waals surface area (Å²) in [4.78, 5) is 24.6. The number of hydrogen-bond acceptors (Lipinski definition) is 3. The first-order valence-corrected chi connectivity index (χ1v) is 6.50. The maximum atomic E-state index is 13.1. The highest BCUT2D eigenvalue weighted by atomic mass is 19.1. The number of carbonyl (C=O) groups excluding carboxylic acids is 1. The van der Waals surface area contributed by atoms with Gasteiger partial charge in [0, 0.05) is 5.69 Å². The smallest absolute Gasteiger partial charge is 0.320 e. The molecule has 2 rings (SSSR count). The zero-order valence-electron chi connectivity index (χ0n) is 11.2. The summed E-state index contributed by atoms with van der Waals surface area (Å²) in [7, 11) is 0. The number of carboxylic acid groups (broad SMARTS) is 1. The lowest BCUT2D eigenvalue weighted by Gasteiger charge is -2.20. The minimum atomic E-state index is -0.905. The SMILES string of the molecule is Cc1ccc(F)cc1NC(=O)CN1CCCC1C(=O)O. The van der Waals surface area contributed by atoms with Crippen molar-refractivity contribution in [1.82, 2.24) is 4.90 Å². The van der Waals surface area contributed by atoms with E-state index in [1.54, 1.807) is 17.9 Å². The van der Waals surface area contributed by atoms with Crippen LogP contribution in [0.3, 0.4) is 0 Å². The minimum Gasteiger partial charge on any atom is -0.480 e. The molecule has 0 aliphatic carbocycles. The molecule has 1 atom stereocenters. The van der Waals surface area contributed by atoms with Gasteiger partial charge in [-0.1, -0.05) is 6.07 Å². The molecule has 1 aliphatic heterocycles. The van der Waals surface area contributed by atoms with Gasteiger partial charge in [0.05, 0.1) is 6.54 Å². The fourth-order valence-electron chi connectivity index (χ4n) is 2.40. The van der Waals surface area contributed by atoms with Crippen molar-refractivity contribution in [2.24, 2.45) is 0 Å². The summed E-state index contributed by atoms with van der Waals surface area (Å²) in [5.74, 6) is -1.65. The normalized spacial score (nSPS) is 19.0. The molecule has 1 aliphatic rings. The maximum absolute atomic E-state index is 13.1. The first-order valence-electron chi connectivity index (χ1n) is 6.50. The molecule has 1 amide bonds. The van der Waals surface area contributed by atoms with Gasteiger partial charge < -0.3 is 10.4 Å². The fourth-order valence-corrected chi connectivity index (χ4v) is 2.40. The van der Waals surface area contributed by atoms with Gasteiger partial charge in [-0.2, -0.15) is 0 Å². The van der Waals surface area contributed by atoms with Crippen LogP contribution >= 0.6 is 0 Å². The molecule has 20 heavy (non-hydrogen) atoms. The Morgan fingerprint density at radius 2 is 2.25 bits per heavy atom. The Kier molecular flexibility index (Phi) is 4.34. The predicted octanol–water partition coefficient (Wildman–Crippen LogP) is 1.62. The summed E-state index contributed by atoms with van der Waals surface area (Å²) < 4.78 is 13.1. The zero-order valence-corrected chi connectivity index (χ0v) is 11.2. The van der Waals surface area contributed by atoms with Crippen molar-refractivity contribution in [3.63, 3.8) is 0 Å². The van der Waals surface area contributed by atoms with Gasteiger partial charge in [-0.15, -0.1) is 0 Å². The highest BCUT2D eigenvalue weighted by Crippen LogP contribution is 2.19. The second kappa shape index (κ2) is 6.00. The first-order chi connectivity index (χ1) is 9.47. The Bertz CT molecular complexity index is 533. The Labute approximate surface area is 116 Å². The number of carbonyl (C=O) groups is 2. The summed E-state index contributed by atoms with van der Waals surface area (Å²) in [6.45, 7) is 2.37. The number of hydrogen-bond donors (Lipinski definition) is 2. The van der Waals surface area contributed by atoms with E-state index < -0.39 is 17.8 Å². The largest absolute Gasteiger partial charge is 0.480 e. The Morgan fingerprint density at radius 3 is 2.95 bits per heavy atom. The van der Waals surface area contributed by atoms with E-state index in [9.17, 15) is 14.0 Å². The third-order valence-electron chi connectivity index (χ3n) is 3.47. The second-order valence-electron chi connectivity index (χ2n) is 4.97. The molecule has 0 bridgehead atoms. The number of amides is 1. The molecule has 108 valence electrons. The van der Waals surface area contributed by atoms with Crippen molar-refractivity contribution in [3.8, 4) is 0 Å². The van der Waals surface area contributed by atoms with Gasteiger partial charge in [-0.3, -0.25) is 14.5 Å². The quantitative estimate of drug-likeness (QED) is 0.879. The summed E-state index contributed by atoms with van der Waals surface area (Å²) in [5.41, 5.74) is 1.18. The van der Waals surface area contributed by atoms with Crippen LogP contribution in [0.4, 0.5) is 10.1 Å². The van der Waals surface area contributed by atoms with E-state index in [1.807, 2.05) is 0 Å². The number of likely N-dealkylation sites (tertiary alicyclic amines) is 1. The lowest BCUT2D eigenvalue weighted by Crippen LogP contribution is -2.41. The summed E-state index contributed by atoms with van der Waals surface area (Å²) >= 11 is 0. The van der Waals surface area contributed by atoms with Crippen molar-refractivity contribution in [2.75, 3.05) is 18.4 Å². The monoisotopic (exact) mass is 280 g/mol. The average Bonchev–Trinajstić information content (AvgIpc) is 2.82. The second-order valence-corrected chi connectivity index (χ2v) is 4.97. The molecule has 0 spiro atoms. The standard InChI is InChI=1S/C14H17FN2O3/c1-9-4-5-10(15)7-11(9)16-13(18)8-17-6-2-3-12(17)14(19)20/h4-5,7,12H,2-3,6,8H2,1H3,(H,16,18)(H,19,20). The van der Waals surface area contributed by atoms with Crippen molar-refractivity contribution >= 4 is 17.6 Å². The van der Waals surface area contributed by atoms with Gasteiger partial charge in [0.2, 0.25) is 5.91 Å². The molecule has 2 N–H and O–H groups in total. The lowest BCUT2D eigenvalue weighted by molar-refractivity contribution is -0.142. The molecule has 5 nitrogen and oxygen atoms in total. The number of benzene rings is 1. The van der Waals surface area contributed by atoms with Crippen LogP contribution in [-0.2, 0) is 9.59 Å². The number of halogens is 1. The van der Waals surface area contributed by atoms with E-state index >= 15 is 0 Å². The molecule has 6 heteroatoms. The molecule has 0 aromatic heterocycles. The number of nitrogens with one attached hydrogen (secondary N) is 1. The van der Waals surface area contributed by atoms with Crippen LogP contribution in [0.15, 0.2) is 18.2 Å². The minimum absolute atomic E-state index is 0.00687. The van der Waals surface area contributed by atoms with Gasteiger partial charge in [-0.25, -0.2) is 4.39 Å². The maximum Gasteiger partial charge on any atom is 0.320 e. The Morgan fingerprint density at radius 1 is 1.50 bits per heavy atom. The molecule has 1 unspecified atom stereocenters. The van der Waals surface area contributed by atoms with Crippen LogP contribution < -0.4 is 5.32 Å². The summed E-state index contributed by atoms with van der Waals surface area (Å²) in [5, 5.41) is 11.7. The van der Waals surface area contributed by atoms with E-state index in [-0.39, 0.29) is 12.5 Å². The topological polar surface area (TPSA) is 69.6 Å². The van der Waals surface area contributed by atoms with Crippen LogP contribution in [0.25, 0.3) is 0 Å². The van der Waals surface area contributed by atoms with E-state index in [0.29, 0.717) is 18.7 Å². The van der Waals surface area contributed by atoms with E-state index in [2.05, 4.69) is 5.32 Å². The van der Waals surface area contributed by atoms with Crippen LogP contribution in [0.1, 0.15) is 18.4 Å². The Hall–Kier alpha value is -1.95. The number of nitrogens with zero attached hydrogens (tertiary/aromatic N) is 1. The van der Waals surface area contributed by atoms with Gasteiger partial charge in [0.25, 0.3) is 0 Å². The molecule has 1 saturated heterocycles. The molecule has 1 aromatic carbocycles. The van der Waals surface area contributed by atoms with Gasteiger partial charge >= 0.3 is 5.97 Å². The average molecular weight is 280 g/mol. The first kappa shape index (κ1) is 14.5. The van der Waals surface area contributed by atoms with Gasteiger partial charge in [0.1, 0.15) is 11.9 Å². The van der Waals surface area contributed by atoms with Crippen LogP contribution in [-0.4, -0.2) is 41.0 Å². The van der Waals surface area contributed by atoms with Crippen LogP contribution in [0, 0.1) is 12.7 Å².